The van der Waals surface area contributed by atoms with E-state index in [1.54, 1.807) is 0 Å². The van der Waals surface area contributed by atoms with E-state index < -0.39 is 35.4 Å². The Bertz CT molecular complexity index is 853. The van der Waals surface area contributed by atoms with Gasteiger partial charge in [-0.3, -0.25) is 5.10 Å². The van der Waals surface area contributed by atoms with Crippen molar-refractivity contribution in [2.24, 2.45) is 0 Å². The van der Waals surface area contributed by atoms with E-state index in [4.69, 9.17) is 0 Å². The van der Waals surface area contributed by atoms with Crippen LogP contribution in [0.5, 0.6) is 0 Å². The highest BCUT2D eigenvalue weighted by Gasteiger charge is 2.15. The van der Waals surface area contributed by atoms with Gasteiger partial charge < -0.3 is 10.6 Å². The van der Waals surface area contributed by atoms with E-state index in [1.807, 2.05) is 0 Å². The van der Waals surface area contributed by atoms with Crippen molar-refractivity contribution in [3.8, 4) is 0 Å². The Morgan fingerprint density at radius 2 is 1.79 bits per heavy atom. The molecule has 0 spiro atoms. The van der Waals surface area contributed by atoms with Crippen molar-refractivity contribution in [1.82, 2.24) is 20.2 Å². The molecule has 0 radical (unpaired) electrons. The van der Waals surface area contributed by atoms with Gasteiger partial charge in [-0.25, -0.2) is 22.5 Å². The first-order valence-corrected chi connectivity index (χ1v) is 6.69. The minimum absolute atomic E-state index is 0.0421. The van der Waals surface area contributed by atoms with Crippen LogP contribution in [0, 0.1) is 23.3 Å². The number of aromatic nitrogens is 4. The smallest absolute Gasteiger partial charge is 0.229 e. The summed E-state index contributed by atoms with van der Waals surface area (Å²) in [5.41, 5.74) is -0.0212. The van der Waals surface area contributed by atoms with E-state index in [0.717, 1.165) is 12.3 Å². The summed E-state index contributed by atoms with van der Waals surface area (Å²) >= 11 is 0. The summed E-state index contributed by atoms with van der Waals surface area (Å²) in [7, 11) is 0. The molecule has 0 fully saturated rings. The maximum atomic E-state index is 13.7. The van der Waals surface area contributed by atoms with Gasteiger partial charge in [-0.15, -0.1) is 0 Å². The molecule has 6 nitrogen and oxygen atoms in total. The van der Waals surface area contributed by atoms with Crippen molar-refractivity contribution in [3.05, 3.63) is 59.6 Å². The zero-order chi connectivity index (χ0) is 17.1. The number of hydrogen-bond donors (Lipinski definition) is 3. The summed E-state index contributed by atoms with van der Waals surface area (Å²) in [5, 5.41) is 11.4. The Morgan fingerprint density at radius 1 is 1.00 bits per heavy atom. The SMILES string of the molecule is Fc1cnc(Nc2cn[nH]c2)nc1NCc1c(F)ccc(F)c1F. The predicted molar refractivity (Wildman–Crippen MR) is 77.5 cm³/mol. The fourth-order valence-corrected chi connectivity index (χ4v) is 1.90. The number of rotatable bonds is 5. The van der Waals surface area contributed by atoms with E-state index in [2.05, 4.69) is 30.8 Å². The molecule has 0 aliphatic carbocycles. The third-order valence-corrected chi connectivity index (χ3v) is 3.07. The molecule has 0 saturated carbocycles. The fourth-order valence-electron chi connectivity index (χ4n) is 1.90. The lowest BCUT2D eigenvalue weighted by atomic mass is 10.2. The van der Waals surface area contributed by atoms with E-state index in [1.165, 1.54) is 12.4 Å². The largest absolute Gasteiger partial charge is 0.363 e. The van der Waals surface area contributed by atoms with Crippen LogP contribution in [0.3, 0.4) is 0 Å². The standard InChI is InChI=1S/C14H10F4N6/c15-9-1-2-10(16)12(18)8(9)5-19-13-11(17)6-20-14(24-13)23-7-3-21-22-4-7/h1-4,6H,5H2,(H,21,22)(H2,19,20,23,24). The number of benzene rings is 1. The van der Waals surface area contributed by atoms with Gasteiger partial charge in [-0.1, -0.05) is 0 Å². The topological polar surface area (TPSA) is 78.5 Å². The number of aromatic amines is 1. The van der Waals surface area contributed by atoms with Gasteiger partial charge >= 0.3 is 0 Å². The average Bonchev–Trinajstić information content (AvgIpc) is 3.07. The number of halogens is 4. The van der Waals surface area contributed by atoms with Crippen molar-refractivity contribution in [2.45, 2.75) is 6.54 Å². The molecule has 3 rings (SSSR count). The van der Waals surface area contributed by atoms with Crippen molar-refractivity contribution < 1.29 is 17.6 Å². The summed E-state index contributed by atoms with van der Waals surface area (Å²) in [4.78, 5) is 7.59. The monoisotopic (exact) mass is 338 g/mol. The summed E-state index contributed by atoms with van der Waals surface area (Å²) in [6.07, 6.45) is 3.87. The molecule has 0 unspecified atom stereocenters. The molecule has 0 atom stereocenters. The van der Waals surface area contributed by atoms with Crippen LogP contribution in [0.15, 0.2) is 30.7 Å². The van der Waals surface area contributed by atoms with E-state index in [0.29, 0.717) is 11.8 Å². The number of H-pyrrole nitrogens is 1. The van der Waals surface area contributed by atoms with Gasteiger partial charge in [-0.05, 0) is 12.1 Å². The van der Waals surface area contributed by atoms with Crippen molar-refractivity contribution >= 4 is 17.5 Å². The molecular formula is C14H10F4N6. The van der Waals surface area contributed by atoms with Crippen LogP contribution in [-0.4, -0.2) is 20.2 Å². The highest BCUT2D eigenvalue weighted by atomic mass is 19.2. The summed E-state index contributed by atoms with van der Waals surface area (Å²) in [5.74, 6) is -4.57. The predicted octanol–water partition coefficient (Wildman–Crippen LogP) is 3.11. The van der Waals surface area contributed by atoms with Crippen LogP contribution in [0.1, 0.15) is 5.56 Å². The molecule has 0 amide bonds. The molecule has 0 aliphatic rings. The van der Waals surface area contributed by atoms with Crippen molar-refractivity contribution in [3.63, 3.8) is 0 Å². The Kier molecular flexibility index (Phi) is 4.27. The van der Waals surface area contributed by atoms with Crippen molar-refractivity contribution in [1.29, 1.82) is 0 Å². The fraction of sp³-hybridized carbons (Fsp3) is 0.0714. The molecule has 2 heterocycles. The maximum Gasteiger partial charge on any atom is 0.229 e. The second-order valence-electron chi connectivity index (χ2n) is 4.68. The lowest BCUT2D eigenvalue weighted by molar-refractivity contribution is 0.481. The zero-order valence-corrected chi connectivity index (χ0v) is 11.9. The summed E-state index contributed by atoms with van der Waals surface area (Å²) in [6, 6.07) is 1.46. The number of anilines is 3. The molecule has 2 aromatic heterocycles. The lowest BCUT2D eigenvalue weighted by Crippen LogP contribution is -2.10. The Labute approximate surface area is 133 Å². The van der Waals surface area contributed by atoms with Gasteiger partial charge in [0, 0.05) is 18.3 Å². The average molecular weight is 338 g/mol. The number of nitrogens with zero attached hydrogens (tertiary/aromatic N) is 3. The molecule has 3 aromatic rings. The highest BCUT2D eigenvalue weighted by Crippen LogP contribution is 2.19. The van der Waals surface area contributed by atoms with Crippen LogP contribution in [0.2, 0.25) is 0 Å². The lowest BCUT2D eigenvalue weighted by Gasteiger charge is -2.10. The second-order valence-corrected chi connectivity index (χ2v) is 4.68. The third-order valence-electron chi connectivity index (χ3n) is 3.07. The Hall–Kier alpha value is -3.17. The molecule has 24 heavy (non-hydrogen) atoms. The van der Waals surface area contributed by atoms with Gasteiger partial charge in [0.05, 0.1) is 18.1 Å². The van der Waals surface area contributed by atoms with E-state index >= 15 is 0 Å². The first-order chi connectivity index (χ1) is 11.5. The molecule has 10 heteroatoms. The van der Waals surface area contributed by atoms with Gasteiger partial charge in [0.15, 0.2) is 23.3 Å². The highest BCUT2D eigenvalue weighted by molar-refractivity contribution is 5.52. The van der Waals surface area contributed by atoms with Crippen molar-refractivity contribution in [2.75, 3.05) is 10.6 Å². The van der Waals surface area contributed by atoms with E-state index in [9.17, 15) is 17.6 Å². The molecule has 0 bridgehead atoms. The molecule has 0 aliphatic heterocycles. The first-order valence-electron chi connectivity index (χ1n) is 6.69. The summed E-state index contributed by atoms with van der Waals surface area (Å²) in [6.45, 7) is -0.492. The van der Waals surface area contributed by atoms with E-state index in [-0.39, 0.29) is 11.8 Å². The van der Waals surface area contributed by atoms with Gasteiger partial charge in [-0.2, -0.15) is 10.1 Å². The number of nitrogens with one attached hydrogen (secondary N) is 3. The van der Waals surface area contributed by atoms with Crippen LogP contribution in [-0.2, 0) is 6.54 Å². The molecule has 1 aromatic carbocycles. The molecule has 0 saturated heterocycles. The maximum absolute atomic E-state index is 13.7. The first kappa shape index (κ1) is 15.7. The number of hydrogen-bond acceptors (Lipinski definition) is 5. The third kappa shape index (κ3) is 3.26. The Morgan fingerprint density at radius 3 is 2.54 bits per heavy atom. The van der Waals surface area contributed by atoms with Crippen LogP contribution in [0.4, 0.5) is 35.0 Å². The minimum Gasteiger partial charge on any atom is -0.363 e. The summed E-state index contributed by atoms with van der Waals surface area (Å²) < 4.78 is 54.1. The normalized spacial score (nSPS) is 10.7. The van der Waals surface area contributed by atoms with Gasteiger partial charge in [0.1, 0.15) is 5.82 Å². The van der Waals surface area contributed by atoms with Crippen LogP contribution >= 0.6 is 0 Å². The second kappa shape index (κ2) is 6.52. The molecule has 124 valence electrons. The van der Waals surface area contributed by atoms with Crippen LogP contribution in [0.25, 0.3) is 0 Å². The van der Waals surface area contributed by atoms with Crippen LogP contribution < -0.4 is 10.6 Å². The minimum atomic E-state index is -1.34. The van der Waals surface area contributed by atoms with Gasteiger partial charge in [0.25, 0.3) is 0 Å². The molecular weight excluding hydrogens is 328 g/mol. The molecule has 3 N–H and O–H groups in total. The zero-order valence-electron chi connectivity index (χ0n) is 11.9. The van der Waals surface area contributed by atoms with Gasteiger partial charge in [0.2, 0.25) is 5.95 Å². The Balaban J connectivity index is 1.79. The quantitative estimate of drug-likeness (QED) is 0.492.